The molecule has 0 saturated carbocycles. The third kappa shape index (κ3) is 3.88. The zero-order valence-electron chi connectivity index (χ0n) is 11.6. The van der Waals surface area contributed by atoms with Gasteiger partial charge < -0.3 is 11.1 Å². The van der Waals surface area contributed by atoms with Gasteiger partial charge in [0, 0.05) is 28.7 Å². The lowest BCUT2D eigenvalue weighted by molar-refractivity contribution is 0.0953. The molecule has 1 aromatic heterocycles. The minimum Gasteiger partial charge on any atom is -0.352 e. The maximum absolute atomic E-state index is 12.0. The molecule has 0 aliphatic carbocycles. The van der Waals surface area contributed by atoms with Gasteiger partial charge >= 0.3 is 0 Å². The van der Waals surface area contributed by atoms with Gasteiger partial charge in [-0.1, -0.05) is 12.1 Å². The number of aromatic nitrogens is 1. The predicted octanol–water partition coefficient (Wildman–Crippen LogP) is 2.59. The van der Waals surface area contributed by atoms with Gasteiger partial charge in [-0.3, -0.25) is 4.79 Å². The molecule has 1 heterocycles. The zero-order valence-corrected chi connectivity index (χ0v) is 12.4. The molecule has 106 valence electrons. The summed E-state index contributed by atoms with van der Waals surface area (Å²) in [6, 6.07) is 7.57. The van der Waals surface area contributed by atoms with Gasteiger partial charge in [0.15, 0.2) is 0 Å². The van der Waals surface area contributed by atoms with Crippen molar-refractivity contribution < 1.29 is 4.79 Å². The Bertz CT molecular complexity index is 580. The Hall–Kier alpha value is -1.72. The Morgan fingerprint density at radius 2 is 2.25 bits per heavy atom. The summed E-state index contributed by atoms with van der Waals surface area (Å²) in [5.41, 5.74) is 8.08. The van der Waals surface area contributed by atoms with Gasteiger partial charge in [-0.05, 0) is 38.4 Å². The number of hydrogen-bond donors (Lipinski definition) is 2. The first kappa shape index (κ1) is 14.7. The number of carbonyl (C=O) groups excluding carboxylic acids is 1. The molecule has 1 amide bonds. The molecule has 3 N–H and O–H groups in total. The minimum absolute atomic E-state index is 0.0443. The number of aryl methyl sites for hydroxylation is 1. The molecule has 0 saturated heterocycles. The van der Waals surface area contributed by atoms with Crippen molar-refractivity contribution in [3.63, 3.8) is 0 Å². The third-order valence-corrected chi connectivity index (χ3v) is 3.92. The van der Waals surface area contributed by atoms with E-state index in [-0.39, 0.29) is 5.91 Å². The normalized spacial score (nSPS) is 10.5. The van der Waals surface area contributed by atoms with Crippen LogP contribution in [0.4, 0.5) is 0 Å². The van der Waals surface area contributed by atoms with E-state index in [1.54, 1.807) is 11.3 Å². The summed E-state index contributed by atoms with van der Waals surface area (Å²) in [5, 5.41) is 5.86. The maximum atomic E-state index is 12.0. The van der Waals surface area contributed by atoms with E-state index in [4.69, 9.17) is 5.73 Å². The van der Waals surface area contributed by atoms with Crippen molar-refractivity contribution in [1.82, 2.24) is 10.3 Å². The summed E-state index contributed by atoms with van der Waals surface area (Å²) in [7, 11) is 0. The third-order valence-electron chi connectivity index (χ3n) is 2.91. The highest BCUT2D eigenvalue weighted by Gasteiger charge is 2.08. The molecule has 20 heavy (non-hydrogen) atoms. The van der Waals surface area contributed by atoms with Crippen molar-refractivity contribution in [1.29, 1.82) is 0 Å². The van der Waals surface area contributed by atoms with Crippen LogP contribution in [-0.4, -0.2) is 24.0 Å². The maximum Gasteiger partial charge on any atom is 0.251 e. The quantitative estimate of drug-likeness (QED) is 0.803. The van der Waals surface area contributed by atoms with Gasteiger partial charge in [0.2, 0.25) is 0 Å². The van der Waals surface area contributed by atoms with Gasteiger partial charge in [0.1, 0.15) is 5.01 Å². The lowest BCUT2D eigenvalue weighted by Crippen LogP contribution is -2.24. The van der Waals surface area contributed by atoms with Gasteiger partial charge in [0.25, 0.3) is 5.91 Å². The summed E-state index contributed by atoms with van der Waals surface area (Å²) in [6.07, 6.45) is 1.84. The van der Waals surface area contributed by atoms with Crippen LogP contribution in [0.2, 0.25) is 0 Å². The summed E-state index contributed by atoms with van der Waals surface area (Å²) in [5.74, 6) is -0.0443. The number of nitrogens with zero attached hydrogens (tertiary/aromatic N) is 1. The molecule has 2 aromatic rings. The second-order valence-corrected chi connectivity index (χ2v) is 5.48. The lowest BCUT2D eigenvalue weighted by Gasteiger charge is -2.05. The SMILES string of the molecule is Cc1csc(-c2cccc(C(=O)NCCCCN)c2)n1. The number of nitrogens with two attached hydrogens (primary N) is 1. The number of hydrogen-bond acceptors (Lipinski definition) is 4. The van der Waals surface area contributed by atoms with Crippen LogP contribution in [0.15, 0.2) is 29.6 Å². The minimum atomic E-state index is -0.0443. The van der Waals surface area contributed by atoms with E-state index in [0.29, 0.717) is 18.7 Å². The Morgan fingerprint density at radius 3 is 2.95 bits per heavy atom. The van der Waals surface area contributed by atoms with Crippen LogP contribution in [0.5, 0.6) is 0 Å². The zero-order chi connectivity index (χ0) is 14.4. The van der Waals surface area contributed by atoms with Crippen molar-refractivity contribution in [3.05, 3.63) is 40.9 Å². The van der Waals surface area contributed by atoms with Gasteiger partial charge in [-0.25, -0.2) is 4.98 Å². The van der Waals surface area contributed by atoms with Crippen LogP contribution in [0.3, 0.4) is 0 Å². The fourth-order valence-electron chi connectivity index (χ4n) is 1.85. The summed E-state index contributed by atoms with van der Waals surface area (Å²) >= 11 is 1.59. The van der Waals surface area contributed by atoms with Gasteiger partial charge in [-0.15, -0.1) is 11.3 Å². The van der Waals surface area contributed by atoms with Crippen molar-refractivity contribution in [2.75, 3.05) is 13.1 Å². The Kier molecular flexibility index (Phi) is 5.26. The number of benzene rings is 1. The van der Waals surface area contributed by atoms with Gasteiger partial charge in [0.05, 0.1) is 0 Å². The topological polar surface area (TPSA) is 68.0 Å². The molecule has 0 spiro atoms. The van der Waals surface area contributed by atoms with Crippen LogP contribution in [-0.2, 0) is 0 Å². The van der Waals surface area contributed by atoms with Crippen molar-refractivity contribution in [3.8, 4) is 10.6 Å². The molecule has 5 heteroatoms. The molecule has 0 aliphatic heterocycles. The van der Waals surface area contributed by atoms with Crippen LogP contribution in [0.1, 0.15) is 28.9 Å². The van der Waals surface area contributed by atoms with E-state index >= 15 is 0 Å². The molecule has 1 aromatic carbocycles. The highest BCUT2D eigenvalue weighted by molar-refractivity contribution is 7.13. The molecule has 0 bridgehead atoms. The number of carbonyl (C=O) groups is 1. The average molecular weight is 289 g/mol. The van der Waals surface area contributed by atoms with Crippen LogP contribution in [0.25, 0.3) is 10.6 Å². The molecule has 0 aliphatic rings. The molecule has 2 rings (SSSR count). The average Bonchev–Trinajstić information content (AvgIpc) is 2.90. The number of rotatable bonds is 6. The molecular formula is C15H19N3OS. The highest BCUT2D eigenvalue weighted by atomic mass is 32.1. The largest absolute Gasteiger partial charge is 0.352 e. The van der Waals surface area contributed by atoms with E-state index in [1.807, 2.05) is 36.6 Å². The number of unbranched alkanes of at least 4 members (excludes halogenated alkanes) is 1. The highest BCUT2D eigenvalue weighted by Crippen LogP contribution is 2.24. The standard InChI is InChI=1S/C15H19N3OS/c1-11-10-20-15(18-11)13-6-4-5-12(9-13)14(19)17-8-3-2-7-16/h4-6,9-10H,2-3,7-8,16H2,1H3,(H,17,19). The van der Waals surface area contributed by atoms with Gasteiger partial charge in [-0.2, -0.15) is 0 Å². The van der Waals surface area contributed by atoms with E-state index < -0.39 is 0 Å². The molecule has 4 nitrogen and oxygen atoms in total. The van der Waals surface area contributed by atoms with E-state index in [1.165, 1.54) is 0 Å². The monoisotopic (exact) mass is 289 g/mol. The second kappa shape index (κ2) is 7.17. The molecule has 0 radical (unpaired) electrons. The first-order valence-electron chi connectivity index (χ1n) is 6.71. The van der Waals surface area contributed by atoms with Crippen LogP contribution >= 0.6 is 11.3 Å². The summed E-state index contributed by atoms with van der Waals surface area (Å²) in [4.78, 5) is 16.5. The first-order chi connectivity index (χ1) is 9.70. The number of amides is 1. The van der Waals surface area contributed by atoms with E-state index in [9.17, 15) is 4.79 Å². The Balaban J connectivity index is 2.04. The lowest BCUT2D eigenvalue weighted by atomic mass is 10.1. The van der Waals surface area contributed by atoms with Crippen molar-refractivity contribution in [2.24, 2.45) is 5.73 Å². The molecule has 0 unspecified atom stereocenters. The smallest absolute Gasteiger partial charge is 0.251 e. The molecule has 0 fully saturated rings. The fourth-order valence-corrected chi connectivity index (χ4v) is 2.65. The first-order valence-corrected chi connectivity index (χ1v) is 7.59. The predicted molar refractivity (Wildman–Crippen MR) is 82.9 cm³/mol. The van der Waals surface area contributed by atoms with Crippen molar-refractivity contribution in [2.45, 2.75) is 19.8 Å². The number of thiazole rings is 1. The fraction of sp³-hybridized carbons (Fsp3) is 0.333. The van der Waals surface area contributed by atoms with Crippen molar-refractivity contribution >= 4 is 17.2 Å². The summed E-state index contributed by atoms with van der Waals surface area (Å²) < 4.78 is 0. The van der Waals surface area contributed by atoms with E-state index in [0.717, 1.165) is 29.1 Å². The molecule has 0 atom stereocenters. The van der Waals surface area contributed by atoms with Crippen LogP contribution in [0, 0.1) is 6.92 Å². The van der Waals surface area contributed by atoms with E-state index in [2.05, 4.69) is 10.3 Å². The van der Waals surface area contributed by atoms with Crippen LogP contribution < -0.4 is 11.1 Å². The Labute approximate surface area is 123 Å². The Morgan fingerprint density at radius 1 is 1.40 bits per heavy atom. The molecular weight excluding hydrogens is 270 g/mol. The number of nitrogens with one attached hydrogen (secondary N) is 1. The second-order valence-electron chi connectivity index (χ2n) is 4.63. The summed E-state index contributed by atoms with van der Waals surface area (Å²) in [6.45, 7) is 3.29.